The van der Waals surface area contributed by atoms with Crippen LogP contribution in [0.2, 0.25) is 0 Å². The number of Topliss-reactive ketones (excluding diaryl/α,β-unsaturated/α-hetero) is 1. The summed E-state index contributed by atoms with van der Waals surface area (Å²) in [5.74, 6) is 0.168. The van der Waals surface area contributed by atoms with Gasteiger partial charge in [0.2, 0.25) is 0 Å². The van der Waals surface area contributed by atoms with E-state index in [2.05, 4.69) is 0 Å². The Morgan fingerprint density at radius 2 is 1.69 bits per heavy atom. The number of carbonyl (C=O) groups is 1. The summed E-state index contributed by atoms with van der Waals surface area (Å²) in [5.41, 5.74) is 0.135. The maximum absolute atomic E-state index is 12.7. The van der Waals surface area contributed by atoms with Crippen molar-refractivity contribution in [2.75, 3.05) is 19.8 Å². The third kappa shape index (κ3) is 6.94. The van der Waals surface area contributed by atoms with E-state index in [0.717, 1.165) is 30.4 Å². The first kappa shape index (κ1) is 30.8. The van der Waals surface area contributed by atoms with Crippen LogP contribution in [0.25, 0.3) is 0 Å². The highest BCUT2D eigenvalue weighted by Gasteiger charge is 2.50. The molecule has 230 valence electrons. The average molecular weight is 591 g/mol. The number of ether oxygens (including phenoxy) is 5. The minimum absolute atomic E-state index is 0.0635. The standard InChI is InChI=1S/C30H38O12/c31-15-30(37)16-39-29(27(30)36)38-14-23-24(33)25(34)26(35)28(42-23)41-19-4-2-1-3-18-8-12-21(32)22(13-18)40-20-10-6-17(5-9-19)7-11-20/h6-8,10-13,19,23-24,26-29,31-33,35-37H,1-5,9,14-16H2/t19-,23-,24-,26-,27+,28-,29-,30-/m1/s1. The predicted octanol–water partition coefficient (Wildman–Crippen LogP) is 0.702. The summed E-state index contributed by atoms with van der Waals surface area (Å²) in [5, 5.41) is 60.9. The van der Waals surface area contributed by atoms with E-state index in [0.29, 0.717) is 30.8 Å². The molecule has 12 nitrogen and oxygen atoms in total. The van der Waals surface area contributed by atoms with E-state index in [1.807, 2.05) is 36.4 Å². The smallest absolute Gasteiger partial charge is 0.197 e. The van der Waals surface area contributed by atoms with Gasteiger partial charge in [-0.2, -0.15) is 0 Å². The van der Waals surface area contributed by atoms with Gasteiger partial charge in [0, 0.05) is 0 Å². The molecular weight excluding hydrogens is 552 g/mol. The molecule has 0 amide bonds. The highest BCUT2D eigenvalue weighted by atomic mass is 16.7. The Bertz CT molecular complexity index is 1210. The van der Waals surface area contributed by atoms with Crippen LogP contribution < -0.4 is 4.74 Å². The summed E-state index contributed by atoms with van der Waals surface area (Å²) < 4.78 is 28.5. The van der Waals surface area contributed by atoms with Gasteiger partial charge < -0.3 is 54.3 Å². The molecule has 4 aliphatic heterocycles. The highest BCUT2D eigenvalue weighted by molar-refractivity contribution is 5.88. The van der Waals surface area contributed by atoms with Crippen molar-refractivity contribution in [3.05, 3.63) is 53.6 Å². The SMILES string of the molecule is O=C1[C@@H](O)[C@H](O[C@@H]2CCCCc3ccc(O)c(c3)Oc3ccc(cc3)CC2)O[C@H](CO[C@@H]2OC[C@](O)(CO)[C@H]2O)[C@H]1O. The zero-order valence-electron chi connectivity index (χ0n) is 23.1. The summed E-state index contributed by atoms with van der Waals surface area (Å²) in [6.07, 6.45) is -5.11. The molecule has 2 aromatic carbocycles. The van der Waals surface area contributed by atoms with Gasteiger partial charge in [0.05, 0.1) is 25.9 Å². The van der Waals surface area contributed by atoms with Crippen LogP contribution in [0.5, 0.6) is 17.2 Å². The summed E-state index contributed by atoms with van der Waals surface area (Å²) in [6, 6.07) is 12.8. The van der Waals surface area contributed by atoms with Crippen LogP contribution in [0.1, 0.15) is 36.8 Å². The number of ketones is 1. The fourth-order valence-corrected chi connectivity index (χ4v) is 5.32. The predicted molar refractivity (Wildman–Crippen MR) is 145 cm³/mol. The van der Waals surface area contributed by atoms with Gasteiger partial charge in [-0.25, -0.2) is 0 Å². The van der Waals surface area contributed by atoms with Crippen LogP contribution in [0.15, 0.2) is 42.5 Å². The molecule has 4 heterocycles. The van der Waals surface area contributed by atoms with Crippen molar-refractivity contribution >= 4 is 5.78 Å². The van der Waals surface area contributed by atoms with Crippen molar-refractivity contribution in [3.8, 4) is 17.2 Å². The molecule has 6 rings (SSSR count). The minimum atomic E-state index is -1.89. The molecule has 0 aromatic heterocycles. The Labute approximate surface area is 243 Å². The first-order chi connectivity index (χ1) is 20.2. The quantitative estimate of drug-likeness (QED) is 0.277. The first-order valence-corrected chi connectivity index (χ1v) is 14.2. The maximum Gasteiger partial charge on any atom is 0.197 e. The molecule has 2 fully saturated rings. The average Bonchev–Trinajstić information content (AvgIpc) is 3.28. The number of rotatable bonds is 6. The second-order valence-corrected chi connectivity index (χ2v) is 11.1. The van der Waals surface area contributed by atoms with Crippen LogP contribution in [0.4, 0.5) is 0 Å². The van der Waals surface area contributed by atoms with Gasteiger partial charge in [-0.05, 0) is 67.5 Å². The zero-order chi connectivity index (χ0) is 29.9. The second-order valence-electron chi connectivity index (χ2n) is 11.1. The van der Waals surface area contributed by atoms with Gasteiger partial charge in [-0.3, -0.25) is 4.79 Å². The molecule has 12 heteroatoms. The molecule has 0 radical (unpaired) electrons. The third-order valence-electron chi connectivity index (χ3n) is 8.00. The first-order valence-electron chi connectivity index (χ1n) is 14.2. The lowest BCUT2D eigenvalue weighted by atomic mass is 9.99. The molecule has 2 aromatic rings. The number of aryl methyl sites for hydroxylation is 2. The van der Waals surface area contributed by atoms with E-state index in [1.165, 1.54) is 0 Å². The van der Waals surface area contributed by atoms with E-state index in [1.54, 1.807) is 6.07 Å². The van der Waals surface area contributed by atoms with Gasteiger partial charge >= 0.3 is 0 Å². The van der Waals surface area contributed by atoms with Crippen molar-refractivity contribution in [2.24, 2.45) is 0 Å². The summed E-state index contributed by atoms with van der Waals surface area (Å²) in [7, 11) is 0. The molecule has 8 atom stereocenters. The fraction of sp³-hybridized carbons (Fsp3) is 0.567. The summed E-state index contributed by atoms with van der Waals surface area (Å²) in [4.78, 5) is 12.7. The monoisotopic (exact) mass is 590 g/mol. The van der Waals surface area contributed by atoms with Crippen molar-refractivity contribution in [3.63, 3.8) is 0 Å². The number of hydrogen-bond acceptors (Lipinski definition) is 12. The van der Waals surface area contributed by atoms with Gasteiger partial charge in [0.15, 0.2) is 36.0 Å². The Hall–Kier alpha value is -2.65. The van der Waals surface area contributed by atoms with Crippen molar-refractivity contribution < 1.29 is 59.1 Å². The Morgan fingerprint density at radius 1 is 0.929 bits per heavy atom. The molecule has 0 aliphatic carbocycles. The molecule has 42 heavy (non-hydrogen) atoms. The number of phenols is 1. The van der Waals surface area contributed by atoms with Crippen LogP contribution >= 0.6 is 0 Å². The largest absolute Gasteiger partial charge is 0.504 e. The molecule has 0 saturated carbocycles. The number of aromatic hydroxyl groups is 1. The normalized spacial score (nSPS) is 34.0. The Kier molecular flexibility index (Phi) is 9.77. The number of aliphatic hydroxyl groups is 5. The number of phenolic OH excluding ortho intramolecular Hbond substituents is 1. The second kappa shape index (κ2) is 13.3. The summed E-state index contributed by atoms with van der Waals surface area (Å²) in [6.45, 7) is -1.51. The molecule has 4 aliphatic rings. The number of fused-ring (bicyclic) bond motifs is 8. The van der Waals surface area contributed by atoms with Gasteiger partial charge in [-0.15, -0.1) is 0 Å². The molecule has 2 saturated heterocycles. The fourth-order valence-electron chi connectivity index (χ4n) is 5.32. The number of carbonyl (C=O) groups excluding carboxylic acids is 1. The molecule has 0 spiro atoms. The minimum Gasteiger partial charge on any atom is -0.504 e. The number of benzene rings is 2. The van der Waals surface area contributed by atoms with E-state index < -0.39 is 61.6 Å². The van der Waals surface area contributed by atoms with Gasteiger partial charge in [0.1, 0.15) is 29.7 Å². The van der Waals surface area contributed by atoms with E-state index >= 15 is 0 Å². The number of aliphatic hydroxyl groups excluding tert-OH is 4. The van der Waals surface area contributed by atoms with E-state index in [9.17, 15) is 35.4 Å². The molecule has 6 N–H and O–H groups in total. The topological polar surface area (TPSA) is 185 Å². The lowest BCUT2D eigenvalue weighted by molar-refractivity contribution is -0.279. The number of hydrogen-bond donors (Lipinski definition) is 6. The molecule has 4 bridgehead atoms. The van der Waals surface area contributed by atoms with Crippen molar-refractivity contribution in [1.29, 1.82) is 0 Å². The Morgan fingerprint density at radius 3 is 2.43 bits per heavy atom. The third-order valence-corrected chi connectivity index (χ3v) is 8.00. The Balaban J connectivity index is 1.24. The van der Waals surface area contributed by atoms with E-state index in [4.69, 9.17) is 23.7 Å². The van der Waals surface area contributed by atoms with Crippen LogP contribution in [0, 0.1) is 0 Å². The highest BCUT2D eigenvalue weighted by Crippen LogP contribution is 2.33. The van der Waals surface area contributed by atoms with Crippen LogP contribution in [-0.2, 0) is 36.6 Å². The zero-order valence-corrected chi connectivity index (χ0v) is 23.1. The molecular formula is C30H38O12. The van der Waals surface area contributed by atoms with Gasteiger partial charge in [0.25, 0.3) is 0 Å². The lowest BCUT2D eigenvalue weighted by Gasteiger charge is -2.37. The maximum atomic E-state index is 12.7. The summed E-state index contributed by atoms with van der Waals surface area (Å²) >= 11 is 0. The van der Waals surface area contributed by atoms with Crippen molar-refractivity contribution in [1.82, 2.24) is 0 Å². The van der Waals surface area contributed by atoms with E-state index in [-0.39, 0.29) is 18.5 Å². The van der Waals surface area contributed by atoms with Crippen molar-refractivity contribution in [2.45, 2.75) is 87.2 Å². The van der Waals surface area contributed by atoms with Crippen LogP contribution in [-0.4, -0.2) is 105 Å². The molecule has 0 unspecified atom stereocenters. The van der Waals surface area contributed by atoms with Gasteiger partial charge in [-0.1, -0.05) is 24.6 Å². The lowest BCUT2D eigenvalue weighted by Crippen LogP contribution is -2.58. The van der Waals surface area contributed by atoms with Crippen LogP contribution in [0.3, 0.4) is 0 Å².